The Bertz CT molecular complexity index is 299. The number of ether oxygens (including phenoxy) is 1. The average molecular weight is 180 g/mol. The van der Waals surface area contributed by atoms with E-state index in [1.807, 2.05) is 6.92 Å². The molecule has 0 fully saturated rings. The summed E-state index contributed by atoms with van der Waals surface area (Å²) in [5.74, 6) is 0.269. The maximum absolute atomic E-state index is 11.1. The molecule has 1 aromatic heterocycles. The normalized spacial score (nSPS) is 9.38. The Morgan fingerprint density at radius 1 is 1.62 bits per heavy atom. The zero-order valence-electron chi connectivity index (χ0n) is 7.70. The van der Waals surface area contributed by atoms with Crippen LogP contribution in [0.5, 0.6) is 0 Å². The number of hydrogen-bond acceptors (Lipinski definition) is 4. The molecule has 0 aliphatic carbocycles. The lowest BCUT2D eigenvalue weighted by Crippen LogP contribution is -2.07. The van der Waals surface area contributed by atoms with Crippen molar-refractivity contribution in [3.8, 4) is 0 Å². The maximum Gasteiger partial charge on any atom is 0.356 e. The zero-order valence-corrected chi connectivity index (χ0v) is 7.70. The highest BCUT2D eigenvalue weighted by Gasteiger charge is 2.06. The van der Waals surface area contributed by atoms with Crippen LogP contribution in [0.2, 0.25) is 0 Å². The second kappa shape index (κ2) is 4.45. The van der Waals surface area contributed by atoms with E-state index in [0.717, 1.165) is 6.54 Å². The topological polar surface area (TPSA) is 51.2 Å². The van der Waals surface area contributed by atoms with E-state index >= 15 is 0 Å². The molecule has 1 rings (SSSR count). The van der Waals surface area contributed by atoms with E-state index in [2.05, 4.69) is 15.0 Å². The first-order valence-electron chi connectivity index (χ1n) is 4.07. The monoisotopic (exact) mass is 180 g/mol. The highest BCUT2D eigenvalue weighted by atomic mass is 16.5. The summed E-state index contributed by atoms with van der Waals surface area (Å²) < 4.78 is 4.54. The Morgan fingerprint density at radius 2 is 2.38 bits per heavy atom. The van der Waals surface area contributed by atoms with Gasteiger partial charge in [-0.05, 0) is 19.1 Å². The van der Waals surface area contributed by atoms with E-state index in [-0.39, 0.29) is 0 Å². The second-order valence-corrected chi connectivity index (χ2v) is 2.43. The van der Waals surface area contributed by atoms with Gasteiger partial charge in [0.15, 0.2) is 5.69 Å². The SMILES string of the molecule is CCNc1cccc(C(=O)OC)n1. The molecule has 4 heteroatoms. The van der Waals surface area contributed by atoms with Crippen LogP contribution < -0.4 is 5.32 Å². The summed E-state index contributed by atoms with van der Waals surface area (Å²) in [5.41, 5.74) is 0.320. The van der Waals surface area contributed by atoms with Crippen LogP contribution in [0.3, 0.4) is 0 Å². The van der Waals surface area contributed by atoms with E-state index in [0.29, 0.717) is 11.5 Å². The summed E-state index contributed by atoms with van der Waals surface area (Å²) >= 11 is 0. The number of esters is 1. The Hall–Kier alpha value is -1.58. The zero-order chi connectivity index (χ0) is 9.68. The van der Waals surface area contributed by atoms with Gasteiger partial charge in [0, 0.05) is 6.54 Å². The minimum absolute atomic E-state index is 0.320. The van der Waals surface area contributed by atoms with Crippen LogP contribution in [-0.4, -0.2) is 24.6 Å². The average Bonchev–Trinajstić information content (AvgIpc) is 2.18. The van der Waals surface area contributed by atoms with Gasteiger partial charge >= 0.3 is 5.97 Å². The molecule has 0 saturated heterocycles. The summed E-state index contributed by atoms with van der Waals surface area (Å²) in [4.78, 5) is 15.1. The molecule has 1 aromatic rings. The largest absolute Gasteiger partial charge is 0.464 e. The molecule has 0 aliphatic heterocycles. The van der Waals surface area contributed by atoms with Crippen molar-refractivity contribution in [2.24, 2.45) is 0 Å². The molecule has 13 heavy (non-hydrogen) atoms. The van der Waals surface area contributed by atoms with E-state index in [4.69, 9.17) is 0 Å². The molecule has 0 aromatic carbocycles. The number of carbonyl (C=O) groups is 1. The Kier molecular flexibility index (Phi) is 3.25. The molecule has 0 unspecified atom stereocenters. The summed E-state index contributed by atoms with van der Waals surface area (Å²) in [6, 6.07) is 5.18. The standard InChI is InChI=1S/C9H12N2O2/c1-3-10-8-6-4-5-7(11-8)9(12)13-2/h4-6H,3H2,1-2H3,(H,10,11). The van der Waals surface area contributed by atoms with Crippen LogP contribution in [-0.2, 0) is 4.74 Å². The van der Waals surface area contributed by atoms with E-state index in [1.54, 1.807) is 18.2 Å². The summed E-state index contributed by atoms with van der Waals surface area (Å²) in [6.45, 7) is 2.74. The molecular formula is C9H12N2O2. The Balaban J connectivity index is 2.85. The van der Waals surface area contributed by atoms with Crippen LogP contribution in [0.1, 0.15) is 17.4 Å². The molecule has 0 radical (unpaired) electrons. The molecule has 0 saturated carbocycles. The lowest BCUT2D eigenvalue weighted by Gasteiger charge is -2.03. The minimum Gasteiger partial charge on any atom is -0.464 e. The van der Waals surface area contributed by atoms with Crippen molar-refractivity contribution >= 4 is 11.8 Å². The van der Waals surface area contributed by atoms with Gasteiger partial charge in [-0.3, -0.25) is 0 Å². The molecule has 1 heterocycles. The molecule has 70 valence electrons. The summed E-state index contributed by atoms with van der Waals surface area (Å²) in [7, 11) is 1.34. The summed E-state index contributed by atoms with van der Waals surface area (Å²) in [5, 5.41) is 3.01. The molecular weight excluding hydrogens is 168 g/mol. The van der Waals surface area contributed by atoms with Gasteiger partial charge in [0.2, 0.25) is 0 Å². The number of pyridine rings is 1. The fraction of sp³-hybridized carbons (Fsp3) is 0.333. The number of methoxy groups -OCH3 is 1. The predicted octanol–water partition coefficient (Wildman–Crippen LogP) is 1.30. The molecule has 0 spiro atoms. The van der Waals surface area contributed by atoms with Gasteiger partial charge < -0.3 is 10.1 Å². The number of anilines is 1. The molecule has 0 amide bonds. The van der Waals surface area contributed by atoms with Crippen molar-refractivity contribution in [3.05, 3.63) is 23.9 Å². The van der Waals surface area contributed by atoms with Crippen LogP contribution >= 0.6 is 0 Å². The van der Waals surface area contributed by atoms with Gasteiger partial charge in [0.1, 0.15) is 5.82 Å². The fourth-order valence-corrected chi connectivity index (χ4v) is 0.933. The first-order chi connectivity index (χ1) is 6.27. The van der Waals surface area contributed by atoms with Gasteiger partial charge in [0.05, 0.1) is 7.11 Å². The van der Waals surface area contributed by atoms with Gasteiger partial charge in [-0.1, -0.05) is 6.07 Å². The predicted molar refractivity (Wildman–Crippen MR) is 49.7 cm³/mol. The number of hydrogen-bond donors (Lipinski definition) is 1. The van der Waals surface area contributed by atoms with Crippen molar-refractivity contribution < 1.29 is 9.53 Å². The molecule has 4 nitrogen and oxygen atoms in total. The van der Waals surface area contributed by atoms with Crippen molar-refractivity contribution in [2.45, 2.75) is 6.92 Å². The number of nitrogens with one attached hydrogen (secondary N) is 1. The Labute approximate surface area is 76.9 Å². The van der Waals surface area contributed by atoms with Gasteiger partial charge in [-0.2, -0.15) is 0 Å². The highest BCUT2D eigenvalue weighted by molar-refractivity contribution is 5.87. The Morgan fingerprint density at radius 3 is 3.00 bits per heavy atom. The smallest absolute Gasteiger partial charge is 0.356 e. The second-order valence-electron chi connectivity index (χ2n) is 2.43. The molecule has 0 bridgehead atoms. The van der Waals surface area contributed by atoms with Crippen LogP contribution in [0, 0.1) is 0 Å². The van der Waals surface area contributed by atoms with Crippen LogP contribution in [0.4, 0.5) is 5.82 Å². The van der Waals surface area contributed by atoms with Crippen molar-refractivity contribution in [3.63, 3.8) is 0 Å². The first kappa shape index (κ1) is 9.51. The lowest BCUT2D eigenvalue weighted by molar-refractivity contribution is 0.0594. The maximum atomic E-state index is 11.1. The number of nitrogens with zero attached hydrogens (tertiary/aromatic N) is 1. The quantitative estimate of drug-likeness (QED) is 0.712. The number of aromatic nitrogens is 1. The van der Waals surface area contributed by atoms with Crippen molar-refractivity contribution in [2.75, 3.05) is 19.0 Å². The van der Waals surface area contributed by atoms with Crippen molar-refractivity contribution in [1.29, 1.82) is 0 Å². The van der Waals surface area contributed by atoms with Gasteiger partial charge in [-0.15, -0.1) is 0 Å². The van der Waals surface area contributed by atoms with E-state index in [1.165, 1.54) is 7.11 Å². The van der Waals surface area contributed by atoms with E-state index < -0.39 is 5.97 Å². The molecule has 0 aliphatic rings. The fourth-order valence-electron chi connectivity index (χ4n) is 0.933. The van der Waals surface area contributed by atoms with Gasteiger partial charge in [-0.25, -0.2) is 9.78 Å². The van der Waals surface area contributed by atoms with Crippen LogP contribution in [0.15, 0.2) is 18.2 Å². The van der Waals surface area contributed by atoms with Crippen molar-refractivity contribution in [1.82, 2.24) is 4.98 Å². The third-order valence-electron chi connectivity index (χ3n) is 1.50. The third kappa shape index (κ3) is 2.43. The third-order valence-corrected chi connectivity index (χ3v) is 1.50. The number of carbonyl (C=O) groups excluding carboxylic acids is 1. The lowest BCUT2D eigenvalue weighted by atomic mass is 10.3. The number of rotatable bonds is 3. The van der Waals surface area contributed by atoms with Gasteiger partial charge in [0.25, 0.3) is 0 Å². The van der Waals surface area contributed by atoms with Crippen LogP contribution in [0.25, 0.3) is 0 Å². The summed E-state index contributed by atoms with van der Waals surface area (Å²) in [6.07, 6.45) is 0. The molecule has 0 atom stereocenters. The minimum atomic E-state index is -0.417. The van der Waals surface area contributed by atoms with E-state index in [9.17, 15) is 4.79 Å². The highest BCUT2D eigenvalue weighted by Crippen LogP contribution is 2.04. The first-order valence-corrected chi connectivity index (χ1v) is 4.07. The molecule has 1 N–H and O–H groups in total.